The maximum Gasteiger partial charge on any atom is 0.162 e. The van der Waals surface area contributed by atoms with E-state index in [4.69, 9.17) is 26.8 Å². The molecule has 0 bridgehead atoms. The molecule has 88 valence electrons. The first-order chi connectivity index (χ1) is 7.54. The minimum Gasteiger partial charge on any atom is -0.486 e. The van der Waals surface area contributed by atoms with Crippen LogP contribution in [0.4, 0.5) is 0 Å². The van der Waals surface area contributed by atoms with Gasteiger partial charge in [-0.1, -0.05) is 25.4 Å². The highest BCUT2D eigenvalue weighted by molar-refractivity contribution is 6.31. The molecule has 0 atom stereocenters. The van der Waals surface area contributed by atoms with E-state index >= 15 is 0 Å². The van der Waals surface area contributed by atoms with E-state index in [2.05, 4.69) is 13.8 Å². The predicted molar refractivity (Wildman–Crippen MR) is 64.5 cm³/mol. The summed E-state index contributed by atoms with van der Waals surface area (Å²) < 4.78 is 11.0. The van der Waals surface area contributed by atoms with Gasteiger partial charge >= 0.3 is 0 Å². The molecule has 0 fully saturated rings. The van der Waals surface area contributed by atoms with Gasteiger partial charge in [-0.25, -0.2) is 0 Å². The summed E-state index contributed by atoms with van der Waals surface area (Å²) >= 11 is 6.23. The van der Waals surface area contributed by atoms with Gasteiger partial charge in [-0.3, -0.25) is 0 Å². The molecule has 0 amide bonds. The molecule has 0 radical (unpaired) electrons. The van der Waals surface area contributed by atoms with Crippen molar-refractivity contribution in [3.05, 3.63) is 22.7 Å². The second kappa shape index (κ2) is 4.15. The minimum absolute atomic E-state index is 0.160. The zero-order valence-corrected chi connectivity index (χ0v) is 10.3. The van der Waals surface area contributed by atoms with Gasteiger partial charge in [0.1, 0.15) is 13.2 Å². The Labute approximate surface area is 100 Å². The summed E-state index contributed by atoms with van der Waals surface area (Å²) in [6.07, 6.45) is 0. The molecule has 0 saturated carbocycles. The maximum atomic E-state index is 6.23. The second-order valence-electron chi connectivity index (χ2n) is 4.56. The highest BCUT2D eigenvalue weighted by Gasteiger charge is 2.25. The van der Waals surface area contributed by atoms with Crippen LogP contribution in [-0.4, -0.2) is 19.8 Å². The lowest BCUT2D eigenvalue weighted by molar-refractivity contribution is 0.171. The Morgan fingerprint density at radius 1 is 1.25 bits per heavy atom. The lowest BCUT2D eigenvalue weighted by Gasteiger charge is -2.27. The Balaban J connectivity index is 2.47. The van der Waals surface area contributed by atoms with Crippen molar-refractivity contribution in [2.24, 2.45) is 5.73 Å². The van der Waals surface area contributed by atoms with Crippen molar-refractivity contribution < 1.29 is 9.47 Å². The van der Waals surface area contributed by atoms with E-state index in [-0.39, 0.29) is 5.41 Å². The van der Waals surface area contributed by atoms with E-state index in [1.165, 1.54) is 0 Å². The van der Waals surface area contributed by atoms with Gasteiger partial charge in [0.2, 0.25) is 0 Å². The van der Waals surface area contributed by atoms with Crippen LogP contribution in [0.5, 0.6) is 11.5 Å². The third-order valence-electron chi connectivity index (χ3n) is 2.87. The van der Waals surface area contributed by atoms with Crippen LogP contribution in [0.3, 0.4) is 0 Å². The molecule has 1 aliphatic rings. The summed E-state index contributed by atoms with van der Waals surface area (Å²) in [5.74, 6) is 1.47. The van der Waals surface area contributed by atoms with Crippen molar-refractivity contribution >= 4 is 11.6 Å². The minimum atomic E-state index is -0.160. The fourth-order valence-electron chi connectivity index (χ4n) is 1.69. The second-order valence-corrected chi connectivity index (χ2v) is 4.97. The van der Waals surface area contributed by atoms with Crippen molar-refractivity contribution in [3.8, 4) is 11.5 Å². The van der Waals surface area contributed by atoms with Crippen molar-refractivity contribution in [1.29, 1.82) is 0 Å². The largest absolute Gasteiger partial charge is 0.486 e. The number of fused-ring (bicyclic) bond motifs is 1. The molecule has 2 rings (SSSR count). The smallest absolute Gasteiger partial charge is 0.162 e. The van der Waals surface area contributed by atoms with Gasteiger partial charge in [0.25, 0.3) is 0 Å². The van der Waals surface area contributed by atoms with Crippen LogP contribution in [0.25, 0.3) is 0 Å². The summed E-state index contributed by atoms with van der Waals surface area (Å²) in [6, 6.07) is 3.74. The number of ether oxygens (including phenoxy) is 2. The number of benzene rings is 1. The summed E-state index contributed by atoms with van der Waals surface area (Å²) in [6.45, 7) is 5.81. The number of hydrogen-bond acceptors (Lipinski definition) is 3. The van der Waals surface area contributed by atoms with Crippen LogP contribution >= 0.6 is 11.6 Å². The van der Waals surface area contributed by atoms with Gasteiger partial charge < -0.3 is 15.2 Å². The normalized spacial score (nSPS) is 15.0. The average Bonchev–Trinajstić information content (AvgIpc) is 2.28. The van der Waals surface area contributed by atoms with E-state index in [0.29, 0.717) is 30.5 Å². The van der Waals surface area contributed by atoms with Crippen molar-refractivity contribution in [2.75, 3.05) is 19.8 Å². The number of nitrogens with two attached hydrogens (primary N) is 1. The summed E-state index contributed by atoms with van der Waals surface area (Å²) in [7, 11) is 0. The quantitative estimate of drug-likeness (QED) is 0.865. The fraction of sp³-hybridized carbons (Fsp3) is 0.500. The topological polar surface area (TPSA) is 44.5 Å². The summed E-state index contributed by atoms with van der Waals surface area (Å²) in [5.41, 5.74) is 6.59. The SMILES string of the molecule is CC(C)(CN)c1cc2c(cc1Cl)OCCO2. The molecular formula is C12H16ClNO2. The number of halogens is 1. The van der Waals surface area contributed by atoms with E-state index in [1.807, 2.05) is 12.1 Å². The molecule has 1 aromatic carbocycles. The van der Waals surface area contributed by atoms with Gasteiger partial charge in [-0.2, -0.15) is 0 Å². The van der Waals surface area contributed by atoms with Crippen molar-refractivity contribution in [3.63, 3.8) is 0 Å². The molecule has 16 heavy (non-hydrogen) atoms. The van der Waals surface area contributed by atoms with Crippen LogP contribution < -0.4 is 15.2 Å². The molecule has 4 heteroatoms. The van der Waals surface area contributed by atoms with E-state index in [1.54, 1.807) is 0 Å². The Kier molecular flexibility index (Phi) is 3.00. The maximum absolute atomic E-state index is 6.23. The Morgan fingerprint density at radius 2 is 1.81 bits per heavy atom. The fourth-order valence-corrected chi connectivity index (χ4v) is 2.10. The van der Waals surface area contributed by atoms with Crippen molar-refractivity contribution in [1.82, 2.24) is 0 Å². The third kappa shape index (κ3) is 1.97. The number of hydrogen-bond donors (Lipinski definition) is 1. The zero-order chi connectivity index (χ0) is 11.8. The van der Waals surface area contributed by atoms with Gasteiger partial charge in [0.05, 0.1) is 0 Å². The predicted octanol–water partition coefficient (Wildman–Crippen LogP) is 2.35. The lowest BCUT2D eigenvalue weighted by atomic mass is 9.84. The number of rotatable bonds is 2. The molecule has 1 aromatic rings. The van der Waals surface area contributed by atoms with E-state index in [0.717, 1.165) is 11.3 Å². The first kappa shape index (κ1) is 11.6. The lowest BCUT2D eigenvalue weighted by Crippen LogP contribution is -2.29. The molecule has 0 aliphatic carbocycles. The van der Waals surface area contributed by atoms with Crippen molar-refractivity contribution in [2.45, 2.75) is 19.3 Å². The molecule has 0 unspecified atom stereocenters. The Bertz CT molecular complexity index is 404. The molecule has 0 aromatic heterocycles. The molecule has 2 N–H and O–H groups in total. The highest BCUT2D eigenvalue weighted by Crippen LogP contribution is 2.39. The zero-order valence-electron chi connectivity index (χ0n) is 9.55. The van der Waals surface area contributed by atoms with E-state index < -0.39 is 0 Å². The molecule has 1 aliphatic heterocycles. The average molecular weight is 242 g/mol. The Morgan fingerprint density at radius 3 is 2.38 bits per heavy atom. The van der Waals surface area contributed by atoms with Gasteiger partial charge in [-0.15, -0.1) is 0 Å². The van der Waals surface area contributed by atoms with Crippen LogP contribution in [0, 0.1) is 0 Å². The van der Waals surface area contributed by atoms with Gasteiger partial charge in [-0.05, 0) is 11.6 Å². The Hall–Kier alpha value is -0.930. The van der Waals surface area contributed by atoms with Gasteiger partial charge in [0.15, 0.2) is 11.5 Å². The molecule has 1 heterocycles. The highest BCUT2D eigenvalue weighted by atomic mass is 35.5. The molecular weight excluding hydrogens is 226 g/mol. The van der Waals surface area contributed by atoms with Crippen LogP contribution in [-0.2, 0) is 5.41 Å². The van der Waals surface area contributed by atoms with Crippen LogP contribution in [0.2, 0.25) is 5.02 Å². The molecule has 0 spiro atoms. The van der Waals surface area contributed by atoms with E-state index in [9.17, 15) is 0 Å². The first-order valence-corrected chi connectivity index (χ1v) is 5.72. The summed E-state index contributed by atoms with van der Waals surface area (Å²) in [4.78, 5) is 0. The monoisotopic (exact) mass is 241 g/mol. The van der Waals surface area contributed by atoms with Gasteiger partial charge in [0, 0.05) is 23.0 Å². The van der Waals surface area contributed by atoms with Crippen LogP contribution in [0.1, 0.15) is 19.4 Å². The summed E-state index contributed by atoms with van der Waals surface area (Å²) in [5, 5.41) is 0.680. The first-order valence-electron chi connectivity index (χ1n) is 5.34. The standard InChI is InChI=1S/C12H16ClNO2/c1-12(2,7-14)8-5-10-11(6-9(8)13)16-4-3-15-10/h5-6H,3-4,7,14H2,1-2H3. The third-order valence-corrected chi connectivity index (χ3v) is 3.18. The van der Waals surface area contributed by atoms with Crippen LogP contribution in [0.15, 0.2) is 12.1 Å². The molecule has 3 nitrogen and oxygen atoms in total. The molecule has 0 saturated heterocycles.